The zero-order valence-corrected chi connectivity index (χ0v) is 16.2. The SMILES string of the molecule is CN(C)CCC(NS(=O)(=O)c1ccc(Cl)c(Cl)c1)c1ccc(F)cc1. The fourth-order valence-electron chi connectivity index (χ4n) is 2.28. The van der Waals surface area contributed by atoms with Gasteiger partial charge in [-0.25, -0.2) is 17.5 Å². The minimum atomic E-state index is -3.81. The molecule has 0 aromatic heterocycles. The normalized spacial score (nSPS) is 13.2. The van der Waals surface area contributed by atoms with Crippen LogP contribution in [0.5, 0.6) is 0 Å². The van der Waals surface area contributed by atoms with Gasteiger partial charge in [-0.2, -0.15) is 0 Å². The third-order valence-electron chi connectivity index (χ3n) is 3.64. The topological polar surface area (TPSA) is 49.4 Å². The molecule has 8 heteroatoms. The van der Waals surface area contributed by atoms with Gasteiger partial charge in [0.05, 0.1) is 14.9 Å². The number of nitrogens with one attached hydrogen (secondary N) is 1. The van der Waals surface area contributed by atoms with Crippen LogP contribution in [0.25, 0.3) is 0 Å². The number of hydrogen-bond donors (Lipinski definition) is 1. The summed E-state index contributed by atoms with van der Waals surface area (Å²) in [7, 11) is -0.0143. The lowest BCUT2D eigenvalue weighted by atomic mass is 10.0. The second-order valence-corrected chi connectivity index (χ2v) is 8.42. The highest BCUT2D eigenvalue weighted by molar-refractivity contribution is 7.89. The molecule has 136 valence electrons. The molecule has 0 heterocycles. The number of halogens is 3. The van der Waals surface area contributed by atoms with E-state index >= 15 is 0 Å². The van der Waals surface area contributed by atoms with E-state index in [-0.39, 0.29) is 20.8 Å². The number of benzene rings is 2. The van der Waals surface area contributed by atoms with Crippen LogP contribution in [0.2, 0.25) is 10.0 Å². The Kier molecular flexibility index (Phi) is 6.82. The summed E-state index contributed by atoms with van der Waals surface area (Å²) >= 11 is 11.8. The first-order valence-corrected chi connectivity index (χ1v) is 9.80. The highest BCUT2D eigenvalue weighted by atomic mass is 35.5. The van der Waals surface area contributed by atoms with Crippen molar-refractivity contribution in [2.24, 2.45) is 0 Å². The van der Waals surface area contributed by atoms with Crippen LogP contribution in [0.3, 0.4) is 0 Å². The second kappa shape index (κ2) is 8.47. The van der Waals surface area contributed by atoms with Gasteiger partial charge in [0.1, 0.15) is 5.82 Å². The highest BCUT2D eigenvalue weighted by Gasteiger charge is 2.22. The summed E-state index contributed by atoms with van der Waals surface area (Å²) < 4.78 is 41.2. The van der Waals surface area contributed by atoms with Crippen LogP contribution in [-0.2, 0) is 10.0 Å². The molecule has 1 N–H and O–H groups in total. The molecule has 2 aromatic rings. The Hall–Kier alpha value is -1.18. The van der Waals surface area contributed by atoms with Crippen molar-refractivity contribution in [2.75, 3.05) is 20.6 Å². The molecule has 0 saturated carbocycles. The Morgan fingerprint density at radius 3 is 2.28 bits per heavy atom. The molecule has 1 unspecified atom stereocenters. The predicted molar refractivity (Wildman–Crippen MR) is 99.1 cm³/mol. The standard InChI is InChI=1S/C17H19Cl2FN2O2S/c1-22(2)10-9-17(12-3-5-13(20)6-4-12)21-25(23,24)14-7-8-15(18)16(19)11-14/h3-8,11,17,21H,9-10H2,1-2H3. The van der Waals surface area contributed by atoms with Crippen molar-refractivity contribution in [1.82, 2.24) is 9.62 Å². The Morgan fingerprint density at radius 2 is 1.72 bits per heavy atom. The molecular formula is C17H19Cl2FN2O2S. The van der Waals surface area contributed by atoms with Crippen LogP contribution in [-0.4, -0.2) is 34.0 Å². The first-order valence-electron chi connectivity index (χ1n) is 7.56. The molecule has 0 aliphatic carbocycles. The van der Waals surface area contributed by atoms with Crippen LogP contribution >= 0.6 is 23.2 Å². The average Bonchev–Trinajstić information content (AvgIpc) is 2.54. The molecule has 25 heavy (non-hydrogen) atoms. The minimum Gasteiger partial charge on any atom is -0.309 e. The lowest BCUT2D eigenvalue weighted by Crippen LogP contribution is -2.31. The minimum absolute atomic E-state index is 0.0267. The van der Waals surface area contributed by atoms with E-state index < -0.39 is 16.1 Å². The van der Waals surface area contributed by atoms with E-state index in [4.69, 9.17) is 23.2 Å². The van der Waals surface area contributed by atoms with Crippen LogP contribution in [0.1, 0.15) is 18.0 Å². The van der Waals surface area contributed by atoms with Gasteiger partial charge in [0.2, 0.25) is 10.0 Å². The molecule has 0 aliphatic heterocycles. The molecule has 2 aromatic carbocycles. The lowest BCUT2D eigenvalue weighted by Gasteiger charge is -2.21. The summed E-state index contributed by atoms with van der Waals surface area (Å²) in [5, 5.41) is 0.444. The molecule has 0 amide bonds. The average molecular weight is 405 g/mol. The summed E-state index contributed by atoms with van der Waals surface area (Å²) in [6.45, 7) is 0.659. The lowest BCUT2D eigenvalue weighted by molar-refractivity contribution is 0.375. The molecular weight excluding hydrogens is 386 g/mol. The summed E-state index contributed by atoms with van der Waals surface area (Å²) in [5.41, 5.74) is 0.687. The second-order valence-electron chi connectivity index (χ2n) is 5.89. The first-order chi connectivity index (χ1) is 11.7. The maximum atomic E-state index is 13.2. The smallest absolute Gasteiger partial charge is 0.241 e. The number of hydrogen-bond acceptors (Lipinski definition) is 3. The number of nitrogens with zero attached hydrogens (tertiary/aromatic N) is 1. The van der Waals surface area contributed by atoms with E-state index in [2.05, 4.69) is 4.72 Å². The van der Waals surface area contributed by atoms with Gasteiger partial charge in [-0.1, -0.05) is 35.3 Å². The molecule has 4 nitrogen and oxygen atoms in total. The van der Waals surface area contributed by atoms with E-state index in [0.717, 1.165) is 0 Å². The maximum Gasteiger partial charge on any atom is 0.241 e. The third-order valence-corrected chi connectivity index (χ3v) is 5.84. The van der Waals surface area contributed by atoms with Gasteiger partial charge in [0.25, 0.3) is 0 Å². The molecule has 0 saturated heterocycles. The quantitative estimate of drug-likeness (QED) is 0.755. The van der Waals surface area contributed by atoms with E-state index in [0.29, 0.717) is 18.5 Å². The highest BCUT2D eigenvalue weighted by Crippen LogP contribution is 2.26. The summed E-state index contributed by atoms with van der Waals surface area (Å²) in [5.74, 6) is -0.373. The molecule has 0 radical (unpaired) electrons. The Balaban J connectivity index is 2.30. The van der Waals surface area contributed by atoms with Crippen LogP contribution in [0, 0.1) is 5.82 Å². The van der Waals surface area contributed by atoms with Gasteiger partial charge in [-0.3, -0.25) is 0 Å². The Bertz CT molecular complexity index is 827. The van der Waals surface area contributed by atoms with E-state index in [1.807, 2.05) is 19.0 Å². The summed E-state index contributed by atoms with van der Waals surface area (Å²) in [6, 6.07) is 9.41. The van der Waals surface area contributed by atoms with Crippen molar-refractivity contribution >= 4 is 33.2 Å². The van der Waals surface area contributed by atoms with Gasteiger partial charge < -0.3 is 4.90 Å². The Morgan fingerprint density at radius 1 is 1.08 bits per heavy atom. The molecule has 0 fully saturated rings. The zero-order valence-electron chi connectivity index (χ0n) is 13.8. The Labute approximate surface area is 157 Å². The van der Waals surface area contributed by atoms with Crippen molar-refractivity contribution in [3.8, 4) is 0 Å². The molecule has 0 aliphatic rings. The van der Waals surface area contributed by atoms with E-state index in [9.17, 15) is 12.8 Å². The van der Waals surface area contributed by atoms with Gasteiger partial charge in [-0.15, -0.1) is 0 Å². The van der Waals surface area contributed by atoms with Crippen LogP contribution in [0.15, 0.2) is 47.4 Å². The van der Waals surface area contributed by atoms with Crippen molar-refractivity contribution in [3.63, 3.8) is 0 Å². The van der Waals surface area contributed by atoms with Crippen molar-refractivity contribution in [2.45, 2.75) is 17.4 Å². The van der Waals surface area contributed by atoms with Crippen LogP contribution < -0.4 is 4.72 Å². The van der Waals surface area contributed by atoms with E-state index in [1.54, 1.807) is 12.1 Å². The summed E-state index contributed by atoms with van der Waals surface area (Å²) in [4.78, 5) is 1.98. The fraction of sp³-hybridized carbons (Fsp3) is 0.294. The number of sulfonamides is 1. The molecule has 0 spiro atoms. The largest absolute Gasteiger partial charge is 0.309 e. The van der Waals surface area contributed by atoms with E-state index in [1.165, 1.54) is 30.3 Å². The van der Waals surface area contributed by atoms with Gasteiger partial charge in [0.15, 0.2) is 0 Å². The van der Waals surface area contributed by atoms with Crippen LogP contribution in [0.4, 0.5) is 4.39 Å². The van der Waals surface area contributed by atoms with Crippen molar-refractivity contribution in [3.05, 3.63) is 63.9 Å². The first kappa shape index (κ1) is 20.1. The van der Waals surface area contributed by atoms with Crippen molar-refractivity contribution < 1.29 is 12.8 Å². The van der Waals surface area contributed by atoms with Crippen molar-refractivity contribution in [1.29, 1.82) is 0 Å². The zero-order chi connectivity index (χ0) is 18.6. The predicted octanol–water partition coefficient (Wildman–Crippen LogP) is 4.10. The molecule has 1 atom stereocenters. The fourth-order valence-corrected chi connectivity index (χ4v) is 3.92. The maximum absolute atomic E-state index is 13.2. The van der Waals surface area contributed by atoms with Gasteiger partial charge in [-0.05, 0) is 63.0 Å². The number of rotatable bonds is 7. The molecule has 2 rings (SSSR count). The van der Waals surface area contributed by atoms with Gasteiger partial charge >= 0.3 is 0 Å². The summed E-state index contributed by atoms with van der Waals surface area (Å²) in [6.07, 6.45) is 0.527. The van der Waals surface area contributed by atoms with Gasteiger partial charge in [0, 0.05) is 6.04 Å². The molecule has 0 bridgehead atoms. The monoisotopic (exact) mass is 404 g/mol. The third kappa shape index (κ3) is 5.66.